The van der Waals surface area contributed by atoms with Crippen molar-refractivity contribution in [1.82, 2.24) is 19.4 Å². The molecule has 6 nitrogen and oxygen atoms in total. The minimum absolute atomic E-state index is 0.0986. The number of piperidine rings is 1. The van der Waals surface area contributed by atoms with Gasteiger partial charge in [0.25, 0.3) is 5.91 Å². The van der Waals surface area contributed by atoms with Gasteiger partial charge in [0, 0.05) is 55.5 Å². The van der Waals surface area contributed by atoms with Crippen LogP contribution in [0.15, 0.2) is 65.9 Å². The molecule has 2 aliphatic rings. The molecule has 0 unspecified atom stereocenters. The predicted molar refractivity (Wildman–Crippen MR) is 115 cm³/mol. The first kappa shape index (κ1) is 19.1. The summed E-state index contributed by atoms with van der Waals surface area (Å²) in [7, 11) is 0. The molecule has 2 fully saturated rings. The maximum atomic E-state index is 13.3. The molecule has 3 atom stereocenters. The van der Waals surface area contributed by atoms with Crippen molar-refractivity contribution < 1.29 is 9.59 Å². The summed E-state index contributed by atoms with van der Waals surface area (Å²) in [5.74, 6) is 0.732. The molecule has 0 spiro atoms. The molecule has 0 radical (unpaired) electrons. The monoisotopic (exact) mass is 420 g/mol. The zero-order valence-electron chi connectivity index (χ0n) is 16.6. The fraction of sp³-hybridized carbons (Fsp3) is 0.348. The smallest absolute Gasteiger partial charge is 0.254 e. The number of amides is 2. The summed E-state index contributed by atoms with van der Waals surface area (Å²) in [5.41, 5.74) is 2.02. The van der Waals surface area contributed by atoms with Gasteiger partial charge in [0.1, 0.15) is 6.54 Å². The highest BCUT2D eigenvalue weighted by molar-refractivity contribution is 7.08. The Balaban J connectivity index is 1.38. The minimum Gasteiger partial charge on any atom is -0.341 e. The van der Waals surface area contributed by atoms with Crippen LogP contribution in [0.25, 0.3) is 0 Å². The van der Waals surface area contributed by atoms with Gasteiger partial charge < -0.3 is 14.4 Å². The van der Waals surface area contributed by atoms with E-state index in [1.165, 1.54) is 5.56 Å². The Morgan fingerprint density at radius 2 is 2.00 bits per heavy atom. The van der Waals surface area contributed by atoms with Crippen molar-refractivity contribution in [3.63, 3.8) is 0 Å². The average Bonchev–Trinajstić information content (AvgIpc) is 3.54. The molecule has 1 aromatic carbocycles. The summed E-state index contributed by atoms with van der Waals surface area (Å²) in [4.78, 5) is 34.2. The highest BCUT2D eigenvalue weighted by Crippen LogP contribution is 2.42. The Bertz CT molecular complexity index is 1000. The van der Waals surface area contributed by atoms with E-state index >= 15 is 0 Å². The number of likely N-dealkylation sites (tertiary alicyclic amines) is 2. The van der Waals surface area contributed by atoms with Crippen LogP contribution in [-0.4, -0.2) is 56.8 Å². The van der Waals surface area contributed by atoms with Crippen LogP contribution >= 0.6 is 11.3 Å². The summed E-state index contributed by atoms with van der Waals surface area (Å²) in [6, 6.07) is 11.9. The Labute approximate surface area is 179 Å². The van der Waals surface area contributed by atoms with Gasteiger partial charge in [0.15, 0.2) is 0 Å². The number of aromatic nitrogens is 2. The molecule has 2 aliphatic heterocycles. The van der Waals surface area contributed by atoms with Gasteiger partial charge in [-0.1, -0.05) is 18.2 Å². The number of hydrogen-bond acceptors (Lipinski definition) is 4. The van der Waals surface area contributed by atoms with Crippen molar-refractivity contribution in [3.8, 4) is 0 Å². The number of thiophene rings is 1. The van der Waals surface area contributed by atoms with Crippen LogP contribution in [0.4, 0.5) is 0 Å². The van der Waals surface area contributed by atoms with Gasteiger partial charge in [-0.25, -0.2) is 4.98 Å². The van der Waals surface area contributed by atoms with Crippen molar-refractivity contribution in [3.05, 3.63) is 77.0 Å². The SMILES string of the molecule is O=C(Cn1ccnc1)N1CC[C@@H]2[C@H](C1)[C@@H](c1ccsc1)CN2C(=O)c1ccccc1. The first-order valence-electron chi connectivity index (χ1n) is 10.3. The van der Waals surface area contributed by atoms with E-state index in [0.29, 0.717) is 26.2 Å². The summed E-state index contributed by atoms with van der Waals surface area (Å²) in [6.07, 6.45) is 6.00. The Hall–Kier alpha value is -2.93. The molecule has 3 aromatic rings. The van der Waals surface area contributed by atoms with Gasteiger partial charge >= 0.3 is 0 Å². The standard InChI is InChI=1S/C23H24N4O2S/c28-22(14-25-10-8-24-16-25)26-9-6-21-20(12-26)19(18-7-11-30-15-18)13-27(21)23(29)17-4-2-1-3-5-17/h1-5,7-8,10-11,15-16,19-21H,6,9,12-14H2/t19-,20-,21-/m1/s1. The van der Waals surface area contributed by atoms with E-state index in [4.69, 9.17) is 0 Å². The number of carbonyl (C=O) groups excluding carboxylic acids is 2. The van der Waals surface area contributed by atoms with E-state index in [1.54, 1.807) is 23.9 Å². The summed E-state index contributed by atoms with van der Waals surface area (Å²) in [6.45, 7) is 2.40. The second-order valence-corrected chi connectivity index (χ2v) is 8.86. The molecular weight excluding hydrogens is 396 g/mol. The fourth-order valence-electron chi connectivity index (χ4n) is 4.92. The van der Waals surface area contributed by atoms with Crippen LogP contribution in [0.5, 0.6) is 0 Å². The van der Waals surface area contributed by atoms with E-state index in [0.717, 1.165) is 12.0 Å². The lowest BCUT2D eigenvalue weighted by Crippen LogP contribution is -2.50. The normalized spacial score (nSPS) is 23.4. The Kier molecular flexibility index (Phi) is 5.12. The minimum atomic E-state index is 0.0986. The maximum Gasteiger partial charge on any atom is 0.254 e. The lowest BCUT2D eigenvalue weighted by molar-refractivity contribution is -0.134. The van der Waals surface area contributed by atoms with Gasteiger partial charge in [-0.3, -0.25) is 9.59 Å². The molecule has 2 saturated heterocycles. The molecule has 4 heterocycles. The zero-order valence-corrected chi connectivity index (χ0v) is 17.4. The van der Waals surface area contributed by atoms with Gasteiger partial charge in [0.2, 0.25) is 5.91 Å². The number of hydrogen-bond donors (Lipinski definition) is 0. The molecule has 0 aliphatic carbocycles. The van der Waals surface area contributed by atoms with Crippen molar-refractivity contribution in [2.75, 3.05) is 19.6 Å². The molecule has 5 rings (SSSR count). The van der Waals surface area contributed by atoms with Crippen LogP contribution in [0.3, 0.4) is 0 Å². The largest absolute Gasteiger partial charge is 0.341 e. The Morgan fingerprint density at radius 1 is 1.13 bits per heavy atom. The molecule has 2 aromatic heterocycles. The molecule has 0 bridgehead atoms. The number of benzene rings is 1. The molecule has 154 valence electrons. The lowest BCUT2D eigenvalue weighted by Gasteiger charge is -2.39. The number of imidazole rings is 1. The fourth-order valence-corrected chi connectivity index (χ4v) is 5.64. The molecule has 2 amide bonds. The molecule has 7 heteroatoms. The maximum absolute atomic E-state index is 13.3. The first-order valence-corrected chi connectivity index (χ1v) is 11.3. The first-order chi connectivity index (χ1) is 14.7. The van der Waals surface area contributed by atoms with Gasteiger partial charge in [-0.05, 0) is 40.9 Å². The Morgan fingerprint density at radius 3 is 2.73 bits per heavy atom. The number of rotatable bonds is 4. The third-order valence-electron chi connectivity index (χ3n) is 6.41. The van der Waals surface area contributed by atoms with Crippen LogP contribution in [-0.2, 0) is 11.3 Å². The van der Waals surface area contributed by atoms with E-state index in [-0.39, 0.29) is 29.7 Å². The zero-order chi connectivity index (χ0) is 20.5. The topological polar surface area (TPSA) is 58.4 Å². The molecule has 0 saturated carbocycles. The van der Waals surface area contributed by atoms with Crippen molar-refractivity contribution in [2.45, 2.75) is 24.9 Å². The second-order valence-electron chi connectivity index (χ2n) is 8.08. The molecule has 0 N–H and O–H groups in total. The van der Waals surface area contributed by atoms with Crippen molar-refractivity contribution in [2.24, 2.45) is 5.92 Å². The van der Waals surface area contributed by atoms with Gasteiger partial charge in [0.05, 0.1) is 6.33 Å². The highest BCUT2D eigenvalue weighted by atomic mass is 32.1. The quantitative estimate of drug-likeness (QED) is 0.652. The predicted octanol–water partition coefficient (Wildman–Crippen LogP) is 3.10. The molecular formula is C23H24N4O2S. The second kappa shape index (κ2) is 8.07. The molecule has 30 heavy (non-hydrogen) atoms. The third kappa shape index (κ3) is 3.54. The number of fused-ring (bicyclic) bond motifs is 1. The lowest BCUT2D eigenvalue weighted by atomic mass is 9.82. The van der Waals surface area contributed by atoms with E-state index in [1.807, 2.05) is 46.0 Å². The van der Waals surface area contributed by atoms with Crippen molar-refractivity contribution in [1.29, 1.82) is 0 Å². The average molecular weight is 421 g/mol. The van der Waals surface area contributed by atoms with Crippen molar-refractivity contribution >= 4 is 23.2 Å². The van der Waals surface area contributed by atoms with Gasteiger partial charge in [-0.2, -0.15) is 11.3 Å². The van der Waals surface area contributed by atoms with Crippen LogP contribution in [0.2, 0.25) is 0 Å². The summed E-state index contributed by atoms with van der Waals surface area (Å²) >= 11 is 1.69. The van der Waals surface area contributed by atoms with Crippen LogP contribution < -0.4 is 0 Å². The third-order valence-corrected chi connectivity index (χ3v) is 7.11. The number of carbonyl (C=O) groups is 2. The highest BCUT2D eigenvalue weighted by Gasteiger charge is 2.47. The number of nitrogens with zero attached hydrogens (tertiary/aromatic N) is 4. The van der Waals surface area contributed by atoms with Gasteiger partial charge in [-0.15, -0.1) is 0 Å². The van der Waals surface area contributed by atoms with Crippen LogP contribution in [0, 0.1) is 5.92 Å². The summed E-state index contributed by atoms with van der Waals surface area (Å²) < 4.78 is 1.81. The van der Waals surface area contributed by atoms with E-state index in [9.17, 15) is 9.59 Å². The summed E-state index contributed by atoms with van der Waals surface area (Å²) in [5, 5.41) is 4.28. The van der Waals surface area contributed by atoms with E-state index < -0.39 is 0 Å². The van der Waals surface area contributed by atoms with E-state index in [2.05, 4.69) is 26.7 Å². The van der Waals surface area contributed by atoms with Crippen LogP contribution in [0.1, 0.15) is 28.3 Å².